The summed E-state index contributed by atoms with van der Waals surface area (Å²) >= 11 is 0. The number of rotatable bonds is 4. The van der Waals surface area contributed by atoms with Crippen molar-refractivity contribution in [3.63, 3.8) is 0 Å². The minimum Gasteiger partial charge on any atom is -0.354 e. The van der Waals surface area contributed by atoms with Gasteiger partial charge in [-0.2, -0.15) is 0 Å². The second kappa shape index (κ2) is 3.37. The largest absolute Gasteiger partial charge is 0.354 e. The van der Waals surface area contributed by atoms with Gasteiger partial charge in [-0.05, 0) is 27.7 Å². The van der Waals surface area contributed by atoms with Gasteiger partial charge in [-0.15, -0.1) is 6.58 Å². The highest BCUT2D eigenvalue weighted by Crippen LogP contribution is 2.20. The minimum atomic E-state index is -0.544. The van der Waals surface area contributed by atoms with E-state index in [1.165, 1.54) is 0 Å². The molecule has 0 amide bonds. The minimum absolute atomic E-state index is 0.334. The first-order valence-corrected chi connectivity index (χ1v) is 3.72. The molecule has 66 valence electrons. The number of hydrogen-bond donors (Lipinski definition) is 0. The SMILES string of the molecule is C=CC(C)(C)OC(C)(C)OC. The second-order valence-corrected chi connectivity index (χ2v) is 3.51. The van der Waals surface area contributed by atoms with Gasteiger partial charge in [0.05, 0.1) is 5.60 Å². The first-order valence-electron chi connectivity index (χ1n) is 3.72. The van der Waals surface area contributed by atoms with Gasteiger partial charge < -0.3 is 9.47 Å². The van der Waals surface area contributed by atoms with Gasteiger partial charge in [-0.1, -0.05) is 6.08 Å². The van der Waals surface area contributed by atoms with Crippen molar-refractivity contribution in [3.05, 3.63) is 12.7 Å². The maximum absolute atomic E-state index is 5.58. The van der Waals surface area contributed by atoms with E-state index in [0.717, 1.165) is 0 Å². The molecule has 0 heterocycles. The molecule has 0 aliphatic heterocycles. The van der Waals surface area contributed by atoms with Gasteiger partial charge in [0.25, 0.3) is 0 Å². The summed E-state index contributed by atoms with van der Waals surface area (Å²) in [7, 11) is 1.62. The van der Waals surface area contributed by atoms with Crippen LogP contribution >= 0.6 is 0 Å². The highest BCUT2D eigenvalue weighted by Gasteiger charge is 2.25. The molecule has 0 unspecified atom stereocenters. The summed E-state index contributed by atoms with van der Waals surface area (Å²) < 4.78 is 10.7. The lowest BCUT2D eigenvalue weighted by atomic mass is 10.1. The Bertz CT molecular complexity index is 136. The van der Waals surface area contributed by atoms with E-state index < -0.39 is 5.79 Å². The summed E-state index contributed by atoms with van der Waals surface area (Å²) in [4.78, 5) is 0. The van der Waals surface area contributed by atoms with E-state index in [0.29, 0.717) is 0 Å². The predicted octanol–water partition coefficient (Wildman–Crippen LogP) is 2.35. The van der Waals surface area contributed by atoms with Crippen LogP contribution in [0.25, 0.3) is 0 Å². The van der Waals surface area contributed by atoms with Crippen LogP contribution in [0.1, 0.15) is 27.7 Å². The predicted molar refractivity (Wildman–Crippen MR) is 46.4 cm³/mol. The van der Waals surface area contributed by atoms with Crippen molar-refractivity contribution < 1.29 is 9.47 Å². The van der Waals surface area contributed by atoms with Crippen molar-refractivity contribution in [3.8, 4) is 0 Å². The van der Waals surface area contributed by atoms with Crippen molar-refractivity contribution in [2.45, 2.75) is 39.1 Å². The molecule has 0 aromatic rings. The lowest BCUT2D eigenvalue weighted by Gasteiger charge is -2.32. The van der Waals surface area contributed by atoms with Crippen molar-refractivity contribution in [1.82, 2.24) is 0 Å². The lowest BCUT2D eigenvalue weighted by Crippen LogP contribution is -2.36. The van der Waals surface area contributed by atoms with Crippen molar-refractivity contribution in [1.29, 1.82) is 0 Å². The molecular formula is C9H18O2. The van der Waals surface area contributed by atoms with E-state index in [9.17, 15) is 0 Å². The van der Waals surface area contributed by atoms with Crippen LogP contribution < -0.4 is 0 Å². The fourth-order valence-electron chi connectivity index (χ4n) is 0.717. The third-order valence-corrected chi connectivity index (χ3v) is 1.49. The standard InChI is InChI=1S/C9H18O2/c1-7-8(2,3)11-9(4,5)10-6/h7H,1H2,2-6H3. The normalized spacial score (nSPS) is 13.2. The van der Waals surface area contributed by atoms with Gasteiger partial charge in [0.1, 0.15) is 0 Å². The Kier molecular flexibility index (Phi) is 3.27. The zero-order valence-corrected chi connectivity index (χ0v) is 8.10. The third-order valence-electron chi connectivity index (χ3n) is 1.49. The number of methoxy groups -OCH3 is 1. The Labute approximate surface area is 69.2 Å². The summed E-state index contributed by atoms with van der Waals surface area (Å²) in [5.41, 5.74) is -0.334. The smallest absolute Gasteiger partial charge is 0.163 e. The van der Waals surface area contributed by atoms with Gasteiger partial charge in [-0.25, -0.2) is 0 Å². The molecular weight excluding hydrogens is 140 g/mol. The Hall–Kier alpha value is -0.340. The van der Waals surface area contributed by atoms with Crippen LogP contribution in [0.4, 0.5) is 0 Å². The van der Waals surface area contributed by atoms with Crippen molar-refractivity contribution in [2.24, 2.45) is 0 Å². The molecule has 11 heavy (non-hydrogen) atoms. The van der Waals surface area contributed by atoms with Crippen LogP contribution in [0.3, 0.4) is 0 Å². The van der Waals surface area contributed by atoms with Crippen molar-refractivity contribution in [2.75, 3.05) is 7.11 Å². The molecule has 0 aromatic carbocycles. The number of hydrogen-bond acceptors (Lipinski definition) is 2. The van der Waals surface area contributed by atoms with Crippen LogP contribution in [-0.2, 0) is 9.47 Å². The summed E-state index contributed by atoms with van der Waals surface area (Å²) in [5.74, 6) is -0.544. The zero-order valence-electron chi connectivity index (χ0n) is 8.10. The molecule has 0 aromatic heterocycles. The molecule has 0 saturated carbocycles. The first kappa shape index (κ1) is 10.7. The van der Waals surface area contributed by atoms with E-state index in [1.54, 1.807) is 13.2 Å². The van der Waals surface area contributed by atoms with E-state index in [-0.39, 0.29) is 5.60 Å². The highest BCUT2D eigenvalue weighted by atomic mass is 16.7. The molecule has 0 atom stereocenters. The Morgan fingerprint density at radius 2 is 1.64 bits per heavy atom. The Balaban J connectivity index is 4.12. The van der Waals surface area contributed by atoms with Gasteiger partial charge >= 0.3 is 0 Å². The highest BCUT2D eigenvalue weighted by molar-refractivity contribution is 4.90. The van der Waals surface area contributed by atoms with E-state index in [2.05, 4.69) is 6.58 Å². The Morgan fingerprint density at radius 1 is 1.18 bits per heavy atom. The third kappa shape index (κ3) is 4.17. The Morgan fingerprint density at radius 3 is 1.91 bits per heavy atom. The summed E-state index contributed by atoms with van der Waals surface area (Å²) in [6.45, 7) is 11.3. The monoisotopic (exact) mass is 158 g/mol. The van der Waals surface area contributed by atoms with Crippen molar-refractivity contribution >= 4 is 0 Å². The fourth-order valence-corrected chi connectivity index (χ4v) is 0.717. The molecule has 0 fully saturated rings. The molecule has 0 spiro atoms. The molecule has 0 aliphatic carbocycles. The fraction of sp³-hybridized carbons (Fsp3) is 0.778. The van der Waals surface area contributed by atoms with E-state index >= 15 is 0 Å². The average Bonchev–Trinajstić information content (AvgIpc) is 1.86. The topological polar surface area (TPSA) is 18.5 Å². The lowest BCUT2D eigenvalue weighted by molar-refractivity contribution is -0.237. The molecule has 0 radical (unpaired) electrons. The van der Waals surface area contributed by atoms with E-state index in [4.69, 9.17) is 9.47 Å². The summed E-state index contributed by atoms with van der Waals surface area (Å²) in [6.07, 6.45) is 1.76. The maximum atomic E-state index is 5.58. The van der Waals surface area contributed by atoms with Gasteiger partial charge in [0, 0.05) is 7.11 Å². The average molecular weight is 158 g/mol. The van der Waals surface area contributed by atoms with Crippen LogP contribution in [0.2, 0.25) is 0 Å². The van der Waals surface area contributed by atoms with Crippen LogP contribution in [0.15, 0.2) is 12.7 Å². The molecule has 2 nitrogen and oxygen atoms in total. The maximum Gasteiger partial charge on any atom is 0.163 e. The zero-order chi connectivity index (χ0) is 9.12. The van der Waals surface area contributed by atoms with Crippen LogP contribution in [0.5, 0.6) is 0 Å². The van der Waals surface area contributed by atoms with Gasteiger partial charge in [0.2, 0.25) is 0 Å². The number of ether oxygens (including phenoxy) is 2. The quantitative estimate of drug-likeness (QED) is 0.462. The molecule has 2 heteroatoms. The summed E-state index contributed by atoms with van der Waals surface area (Å²) in [6, 6.07) is 0. The molecule has 0 bridgehead atoms. The molecule has 0 rings (SSSR count). The first-order chi connectivity index (χ1) is 4.83. The van der Waals surface area contributed by atoms with E-state index in [1.807, 2.05) is 27.7 Å². The van der Waals surface area contributed by atoms with Crippen LogP contribution in [-0.4, -0.2) is 18.5 Å². The van der Waals surface area contributed by atoms with Gasteiger partial charge in [-0.3, -0.25) is 0 Å². The molecule has 0 saturated heterocycles. The second-order valence-electron chi connectivity index (χ2n) is 3.51. The molecule has 0 N–H and O–H groups in total. The molecule has 0 aliphatic rings. The van der Waals surface area contributed by atoms with Gasteiger partial charge in [0.15, 0.2) is 5.79 Å². The summed E-state index contributed by atoms with van der Waals surface area (Å²) in [5, 5.41) is 0. The van der Waals surface area contributed by atoms with Crippen LogP contribution in [0, 0.1) is 0 Å².